The molecule has 0 amide bonds. The Morgan fingerprint density at radius 3 is 1.85 bits per heavy atom. The first-order chi connectivity index (χ1) is 16.1. The smallest absolute Gasteiger partial charge is 0.276 e. The summed E-state index contributed by atoms with van der Waals surface area (Å²) in [6.45, 7) is 2.10. The number of anilines is 1. The van der Waals surface area contributed by atoms with Crippen LogP contribution in [0.15, 0.2) is 102 Å². The van der Waals surface area contributed by atoms with Gasteiger partial charge in [-0.2, -0.15) is 0 Å². The maximum absolute atomic E-state index is 11.9. The number of thiazole rings is 1. The van der Waals surface area contributed by atoms with Crippen molar-refractivity contribution in [3.8, 4) is 0 Å². The van der Waals surface area contributed by atoms with Gasteiger partial charge >= 0.3 is 0 Å². The summed E-state index contributed by atoms with van der Waals surface area (Å²) in [5.41, 5.74) is 2.77. The van der Waals surface area contributed by atoms with E-state index in [1.54, 1.807) is 12.3 Å². The van der Waals surface area contributed by atoms with E-state index in [9.17, 15) is 4.79 Å². The summed E-state index contributed by atoms with van der Waals surface area (Å²) in [4.78, 5) is 21.6. The van der Waals surface area contributed by atoms with E-state index in [1.165, 1.54) is 11.3 Å². The Bertz CT molecular complexity index is 1130. The molecule has 0 bridgehead atoms. The van der Waals surface area contributed by atoms with E-state index in [0.717, 1.165) is 16.7 Å². The number of halogens is 1. The standard InChI is InChI=1S/C26H22ClN3O2S/c1-2-32-30-23(24(27)31)22-18-33-25(28-22)29-26(19-12-6-3-7-13-19,20-14-8-4-9-15-20)21-16-10-5-11-17-21/h3-18H,2H2,1H3,(H,28,29)/b30-23-. The van der Waals surface area contributed by atoms with Crippen LogP contribution in [-0.4, -0.2) is 22.5 Å². The van der Waals surface area contributed by atoms with Crippen LogP contribution in [0.2, 0.25) is 0 Å². The molecule has 0 fully saturated rings. The van der Waals surface area contributed by atoms with Crippen LogP contribution in [0.1, 0.15) is 29.3 Å². The van der Waals surface area contributed by atoms with Crippen LogP contribution in [0.3, 0.4) is 0 Å². The predicted molar refractivity (Wildman–Crippen MR) is 134 cm³/mol. The Morgan fingerprint density at radius 2 is 1.42 bits per heavy atom. The lowest BCUT2D eigenvalue weighted by Crippen LogP contribution is -2.38. The van der Waals surface area contributed by atoms with Crippen molar-refractivity contribution in [2.45, 2.75) is 12.5 Å². The van der Waals surface area contributed by atoms with Crippen molar-refractivity contribution in [2.24, 2.45) is 5.16 Å². The summed E-state index contributed by atoms with van der Waals surface area (Å²) in [5.74, 6) is 0. The molecule has 33 heavy (non-hydrogen) atoms. The van der Waals surface area contributed by atoms with Gasteiger partial charge in [0.1, 0.15) is 17.8 Å². The van der Waals surface area contributed by atoms with Gasteiger partial charge < -0.3 is 10.2 Å². The van der Waals surface area contributed by atoms with E-state index in [4.69, 9.17) is 16.4 Å². The summed E-state index contributed by atoms with van der Waals surface area (Å²) in [7, 11) is 0. The third kappa shape index (κ3) is 4.82. The molecular formula is C26H22ClN3O2S. The third-order valence-electron chi connectivity index (χ3n) is 5.13. The van der Waals surface area contributed by atoms with Crippen molar-refractivity contribution in [1.82, 2.24) is 4.98 Å². The van der Waals surface area contributed by atoms with E-state index in [2.05, 4.69) is 51.9 Å². The van der Waals surface area contributed by atoms with E-state index in [1.807, 2.05) is 54.6 Å². The van der Waals surface area contributed by atoms with Crippen LogP contribution >= 0.6 is 22.9 Å². The fourth-order valence-corrected chi connectivity index (χ4v) is 4.58. The molecule has 0 radical (unpaired) electrons. The molecule has 0 saturated carbocycles. The monoisotopic (exact) mass is 475 g/mol. The van der Waals surface area contributed by atoms with Crippen LogP contribution < -0.4 is 5.32 Å². The number of aromatic nitrogens is 1. The second kappa shape index (κ2) is 10.4. The molecule has 1 aromatic heterocycles. The number of benzene rings is 3. The molecule has 0 spiro atoms. The fraction of sp³-hybridized carbons (Fsp3) is 0.115. The highest BCUT2D eigenvalue weighted by Crippen LogP contribution is 2.40. The molecule has 0 unspecified atom stereocenters. The minimum absolute atomic E-state index is 0.0208. The molecule has 4 aromatic rings. The quantitative estimate of drug-likeness (QED) is 0.138. The van der Waals surface area contributed by atoms with Crippen molar-refractivity contribution in [2.75, 3.05) is 11.9 Å². The molecule has 0 atom stereocenters. The van der Waals surface area contributed by atoms with Gasteiger partial charge in [0, 0.05) is 5.38 Å². The second-order valence-electron chi connectivity index (χ2n) is 7.14. The minimum atomic E-state index is -0.722. The Balaban J connectivity index is 1.87. The number of carbonyl (C=O) groups is 1. The zero-order chi connectivity index (χ0) is 23.1. The van der Waals surface area contributed by atoms with Gasteiger partial charge in [-0.25, -0.2) is 4.98 Å². The van der Waals surface area contributed by atoms with Crippen LogP contribution in [0.5, 0.6) is 0 Å². The van der Waals surface area contributed by atoms with Crippen molar-refractivity contribution < 1.29 is 9.63 Å². The topological polar surface area (TPSA) is 63.6 Å². The summed E-state index contributed by atoms with van der Waals surface area (Å²) in [6.07, 6.45) is 0. The van der Waals surface area contributed by atoms with Gasteiger partial charge in [0.05, 0.1) is 0 Å². The Labute approximate surface area is 201 Å². The highest BCUT2D eigenvalue weighted by atomic mass is 35.5. The maximum Gasteiger partial charge on any atom is 0.276 e. The molecule has 4 rings (SSSR count). The maximum atomic E-state index is 11.9. The fourth-order valence-electron chi connectivity index (χ4n) is 3.69. The molecular weight excluding hydrogens is 454 g/mol. The summed E-state index contributed by atoms with van der Waals surface area (Å²) in [5, 5.41) is 9.15. The second-order valence-corrected chi connectivity index (χ2v) is 8.34. The molecule has 1 heterocycles. The van der Waals surface area contributed by atoms with Crippen molar-refractivity contribution >= 4 is 39.0 Å². The van der Waals surface area contributed by atoms with Gasteiger partial charge in [-0.15, -0.1) is 11.3 Å². The Hall–Kier alpha value is -3.48. The predicted octanol–water partition coefficient (Wildman–Crippen LogP) is 6.05. The number of nitrogens with one attached hydrogen (secondary N) is 1. The molecule has 0 saturated heterocycles. The van der Waals surface area contributed by atoms with Gasteiger partial charge in [0.15, 0.2) is 10.8 Å². The molecule has 5 nitrogen and oxygen atoms in total. The molecule has 0 aliphatic rings. The minimum Gasteiger partial charge on any atom is -0.395 e. The SMILES string of the molecule is CCO/N=C(\C(=O)Cl)c1csc(NC(c2ccccc2)(c2ccccc2)c2ccccc2)n1. The van der Waals surface area contributed by atoms with Crippen LogP contribution in [0, 0.1) is 0 Å². The van der Waals surface area contributed by atoms with Crippen LogP contribution in [-0.2, 0) is 15.2 Å². The van der Waals surface area contributed by atoms with E-state index < -0.39 is 10.8 Å². The van der Waals surface area contributed by atoms with E-state index in [-0.39, 0.29) is 5.71 Å². The number of carbonyl (C=O) groups excluding carboxylic acids is 1. The first-order valence-corrected chi connectivity index (χ1v) is 11.7. The van der Waals surface area contributed by atoms with Gasteiger partial charge in [0.2, 0.25) is 0 Å². The Morgan fingerprint density at radius 1 is 0.939 bits per heavy atom. The number of rotatable bonds is 9. The molecule has 7 heteroatoms. The first kappa shape index (κ1) is 22.7. The number of hydrogen-bond donors (Lipinski definition) is 1. The summed E-state index contributed by atoms with van der Waals surface area (Å²) in [6, 6.07) is 30.6. The average Bonchev–Trinajstić information content (AvgIpc) is 3.32. The highest BCUT2D eigenvalue weighted by Gasteiger charge is 2.37. The third-order valence-corrected chi connectivity index (χ3v) is 6.07. The zero-order valence-corrected chi connectivity index (χ0v) is 19.5. The average molecular weight is 476 g/mol. The summed E-state index contributed by atoms with van der Waals surface area (Å²) >= 11 is 7.11. The lowest BCUT2D eigenvalue weighted by atomic mass is 9.77. The molecule has 0 aliphatic carbocycles. The normalized spacial score (nSPS) is 11.8. The van der Waals surface area contributed by atoms with Gasteiger partial charge in [-0.1, -0.05) is 96.2 Å². The number of oxime groups is 1. The zero-order valence-electron chi connectivity index (χ0n) is 17.9. The van der Waals surface area contributed by atoms with Gasteiger partial charge in [-0.05, 0) is 35.2 Å². The number of nitrogens with zero attached hydrogens (tertiary/aromatic N) is 2. The van der Waals surface area contributed by atoms with Crippen LogP contribution in [0.25, 0.3) is 0 Å². The molecule has 0 aliphatic heterocycles. The highest BCUT2D eigenvalue weighted by molar-refractivity contribution is 7.14. The molecule has 3 aromatic carbocycles. The molecule has 1 N–H and O–H groups in total. The van der Waals surface area contributed by atoms with Gasteiger partial charge in [0.25, 0.3) is 5.24 Å². The Kier molecular flexibility index (Phi) is 7.17. The van der Waals surface area contributed by atoms with E-state index >= 15 is 0 Å². The van der Waals surface area contributed by atoms with Crippen molar-refractivity contribution in [3.63, 3.8) is 0 Å². The van der Waals surface area contributed by atoms with Crippen LogP contribution in [0.4, 0.5) is 5.13 Å². The summed E-state index contributed by atoms with van der Waals surface area (Å²) < 4.78 is 0. The lowest BCUT2D eigenvalue weighted by Gasteiger charge is -2.36. The largest absolute Gasteiger partial charge is 0.395 e. The van der Waals surface area contributed by atoms with Crippen molar-refractivity contribution in [3.05, 3.63) is 119 Å². The molecule has 166 valence electrons. The number of hydrogen-bond acceptors (Lipinski definition) is 6. The van der Waals surface area contributed by atoms with Crippen molar-refractivity contribution in [1.29, 1.82) is 0 Å². The van der Waals surface area contributed by atoms with Gasteiger partial charge in [-0.3, -0.25) is 4.79 Å². The first-order valence-electron chi connectivity index (χ1n) is 10.5. The van der Waals surface area contributed by atoms with E-state index in [0.29, 0.717) is 17.4 Å². The lowest BCUT2D eigenvalue weighted by molar-refractivity contribution is -0.106.